The molecule has 0 amide bonds. The molecule has 0 unspecified atom stereocenters. The number of rotatable bonds is 1. The number of hydrogen-bond donors (Lipinski definition) is 1. The maximum Gasteiger partial charge on any atom is 0.150 e. The molecule has 1 saturated heterocycles. The molecule has 2 rings (SSSR count). The topological polar surface area (TPSA) is 46.2 Å². The van der Waals surface area contributed by atoms with Gasteiger partial charge in [0.15, 0.2) is 0 Å². The highest BCUT2D eigenvalue weighted by atomic mass is 35.5. The van der Waals surface area contributed by atoms with Gasteiger partial charge in [0.05, 0.1) is 5.25 Å². The maximum atomic E-state index is 11.2. The molecule has 84 valence electrons. The molecule has 0 aromatic carbocycles. The molecule has 0 bridgehead atoms. The van der Waals surface area contributed by atoms with Crippen molar-refractivity contribution in [1.82, 2.24) is 5.32 Å². The first kappa shape index (κ1) is 12.3. The van der Waals surface area contributed by atoms with Gasteiger partial charge in [0.2, 0.25) is 0 Å². The number of piperidine rings is 1. The zero-order chi connectivity index (χ0) is 9.53. The van der Waals surface area contributed by atoms with Crippen molar-refractivity contribution in [2.45, 2.75) is 30.9 Å². The molecule has 2 aliphatic rings. The molecule has 14 heavy (non-hydrogen) atoms. The van der Waals surface area contributed by atoms with E-state index in [0.29, 0.717) is 5.41 Å². The quantitative estimate of drug-likeness (QED) is 0.742. The monoisotopic (exact) mass is 239 g/mol. The summed E-state index contributed by atoms with van der Waals surface area (Å²) in [5, 5.41) is 3.28. The van der Waals surface area contributed by atoms with Crippen molar-refractivity contribution in [3.05, 3.63) is 0 Å². The van der Waals surface area contributed by atoms with Gasteiger partial charge in [0.25, 0.3) is 0 Å². The molecule has 2 fully saturated rings. The van der Waals surface area contributed by atoms with Crippen molar-refractivity contribution < 1.29 is 8.42 Å². The first-order chi connectivity index (χ1) is 6.02. The van der Waals surface area contributed by atoms with E-state index < -0.39 is 9.84 Å². The van der Waals surface area contributed by atoms with Crippen LogP contribution in [0.15, 0.2) is 0 Å². The van der Waals surface area contributed by atoms with Crippen LogP contribution in [0, 0.1) is 5.41 Å². The molecule has 1 aliphatic carbocycles. The Bertz CT molecular complexity index is 288. The molecule has 0 radical (unpaired) electrons. The van der Waals surface area contributed by atoms with Gasteiger partial charge < -0.3 is 5.32 Å². The SMILES string of the molecule is CS(=O)(=O)C1CC2(CCNCC2)C1.Cl. The summed E-state index contributed by atoms with van der Waals surface area (Å²) in [6, 6.07) is 0. The minimum atomic E-state index is -2.76. The Kier molecular flexibility index (Phi) is 3.49. The van der Waals surface area contributed by atoms with Gasteiger partial charge in [-0.25, -0.2) is 8.42 Å². The summed E-state index contributed by atoms with van der Waals surface area (Å²) >= 11 is 0. The van der Waals surface area contributed by atoms with Crippen LogP contribution in [0.3, 0.4) is 0 Å². The molecule has 0 aromatic rings. The van der Waals surface area contributed by atoms with Crippen LogP contribution in [-0.2, 0) is 9.84 Å². The maximum absolute atomic E-state index is 11.2. The van der Waals surface area contributed by atoms with Crippen LogP contribution in [0.1, 0.15) is 25.7 Å². The van der Waals surface area contributed by atoms with Crippen LogP contribution >= 0.6 is 12.4 Å². The van der Waals surface area contributed by atoms with Crippen LogP contribution in [0.25, 0.3) is 0 Å². The van der Waals surface area contributed by atoms with Crippen molar-refractivity contribution in [2.24, 2.45) is 5.41 Å². The largest absolute Gasteiger partial charge is 0.317 e. The fourth-order valence-electron chi connectivity index (χ4n) is 2.57. The molecule has 0 atom stereocenters. The van der Waals surface area contributed by atoms with E-state index in [0.717, 1.165) is 25.9 Å². The highest BCUT2D eigenvalue weighted by Crippen LogP contribution is 2.50. The van der Waals surface area contributed by atoms with Gasteiger partial charge in [-0.15, -0.1) is 12.4 Å². The Morgan fingerprint density at radius 3 is 2.14 bits per heavy atom. The number of halogens is 1. The zero-order valence-electron chi connectivity index (χ0n) is 8.45. The lowest BCUT2D eigenvalue weighted by Crippen LogP contribution is -2.50. The third kappa shape index (κ3) is 2.23. The average Bonchev–Trinajstić information content (AvgIpc) is 2.00. The minimum Gasteiger partial charge on any atom is -0.317 e. The third-order valence-corrected chi connectivity index (χ3v) is 5.14. The van der Waals surface area contributed by atoms with Crippen molar-refractivity contribution in [1.29, 1.82) is 0 Å². The molecule has 1 N–H and O–H groups in total. The van der Waals surface area contributed by atoms with Crippen molar-refractivity contribution in [3.8, 4) is 0 Å². The van der Waals surface area contributed by atoms with Gasteiger partial charge in [-0.3, -0.25) is 0 Å². The Labute approximate surface area is 92.0 Å². The molecular formula is C9H18ClNO2S. The molecule has 5 heteroatoms. The van der Waals surface area contributed by atoms with Crippen LogP contribution in [0.5, 0.6) is 0 Å². The molecule has 3 nitrogen and oxygen atoms in total. The molecule has 1 saturated carbocycles. The van der Waals surface area contributed by atoms with E-state index in [1.807, 2.05) is 0 Å². The fourth-order valence-corrected chi connectivity index (χ4v) is 3.89. The molecular weight excluding hydrogens is 222 g/mol. The van der Waals surface area contributed by atoms with E-state index in [-0.39, 0.29) is 17.7 Å². The highest BCUT2D eigenvalue weighted by molar-refractivity contribution is 7.91. The van der Waals surface area contributed by atoms with E-state index in [2.05, 4.69) is 5.32 Å². The Morgan fingerprint density at radius 2 is 1.71 bits per heavy atom. The van der Waals surface area contributed by atoms with E-state index in [9.17, 15) is 8.42 Å². The summed E-state index contributed by atoms with van der Waals surface area (Å²) in [5.74, 6) is 0. The number of sulfone groups is 1. The molecule has 1 heterocycles. The van der Waals surface area contributed by atoms with Crippen LogP contribution in [0.2, 0.25) is 0 Å². The average molecular weight is 240 g/mol. The van der Waals surface area contributed by atoms with Crippen molar-refractivity contribution in [3.63, 3.8) is 0 Å². The van der Waals surface area contributed by atoms with E-state index in [4.69, 9.17) is 0 Å². The van der Waals surface area contributed by atoms with Crippen LogP contribution in [-0.4, -0.2) is 33.0 Å². The second-order valence-corrected chi connectivity index (χ2v) is 6.94. The van der Waals surface area contributed by atoms with Gasteiger partial charge >= 0.3 is 0 Å². The normalized spacial score (nSPS) is 26.6. The van der Waals surface area contributed by atoms with Gasteiger partial charge in [0, 0.05) is 6.26 Å². The predicted octanol–water partition coefficient (Wildman–Crippen LogP) is 0.985. The summed E-state index contributed by atoms with van der Waals surface area (Å²) in [6.45, 7) is 2.13. The zero-order valence-corrected chi connectivity index (χ0v) is 10.1. The molecule has 1 aliphatic heterocycles. The van der Waals surface area contributed by atoms with E-state index >= 15 is 0 Å². The standard InChI is InChI=1S/C9H17NO2S.ClH/c1-13(11,12)8-6-9(7-8)2-4-10-5-3-9;/h8,10H,2-7H2,1H3;1H. The third-order valence-electron chi connectivity index (χ3n) is 3.59. The van der Waals surface area contributed by atoms with Crippen molar-refractivity contribution >= 4 is 22.2 Å². The number of hydrogen-bond acceptors (Lipinski definition) is 3. The summed E-state index contributed by atoms with van der Waals surface area (Å²) in [6.07, 6.45) is 5.52. The van der Waals surface area contributed by atoms with Gasteiger partial charge in [0.1, 0.15) is 9.84 Å². The lowest BCUT2D eigenvalue weighted by Gasteiger charge is -2.49. The van der Waals surface area contributed by atoms with Gasteiger partial charge in [-0.2, -0.15) is 0 Å². The molecule has 1 spiro atoms. The number of nitrogens with one attached hydrogen (secondary N) is 1. The first-order valence-corrected chi connectivity index (χ1v) is 6.87. The van der Waals surface area contributed by atoms with Crippen molar-refractivity contribution in [2.75, 3.05) is 19.3 Å². The van der Waals surface area contributed by atoms with E-state index in [1.165, 1.54) is 19.1 Å². The Morgan fingerprint density at radius 1 is 1.21 bits per heavy atom. The second kappa shape index (κ2) is 3.99. The van der Waals surface area contributed by atoms with Crippen LogP contribution < -0.4 is 5.32 Å². The van der Waals surface area contributed by atoms with Gasteiger partial charge in [-0.05, 0) is 44.2 Å². The summed E-state index contributed by atoms with van der Waals surface area (Å²) < 4.78 is 22.4. The second-order valence-electron chi connectivity index (χ2n) is 4.61. The summed E-state index contributed by atoms with van der Waals surface area (Å²) in [4.78, 5) is 0. The smallest absolute Gasteiger partial charge is 0.150 e. The predicted molar refractivity (Wildman–Crippen MR) is 59.7 cm³/mol. The minimum absolute atomic E-state index is 0. The Hall–Kier alpha value is 0.200. The summed E-state index contributed by atoms with van der Waals surface area (Å²) in [7, 11) is -2.76. The lowest BCUT2D eigenvalue weighted by atomic mass is 9.63. The van der Waals surface area contributed by atoms with Gasteiger partial charge in [-0.1, -0.05) is 0 Å². The Balaban J connectivity index is 0.000000980. The lowest BCUT2D eigenvalue weighted by molar-refractivity contribution is 0.0904. The van der Waals surface area contributed by atoms with E-state index in [1.54, 1.807) is 0 Å². The fraction of sp³-hybridized carbons (Fsp3) is 1.00. The highest BCUT2D eigenvalue weighted by Gasteiger charge is 2.48. The summed E-state index contributed by atoms with van der Waals surface area (Å²) in [5.41, 5.74) is 0.388. The van der Waals surface area contributed by atoms with Crippen LogP contribution in [0.4, 0.5) is 0 Å². The first-order valence-electron chi connectivity index (χ1n) is 4.92. The molecule has 0 aromatic heterocycles.